The molecule has 9 heteroatoms. The quantitative estimate of drug-likeness (QED) is 0.451. The summed E-state index contributed by atoms with van der Waals surface area (Å²) in [5.41, 5.74) is 3.24. The van der Waals surface area contributed by atoms with Gasteiger partial charge in [-0.3, -0.25) is 4.79 Å². The Hall–Kier alpha value is -3.07. The van der Waals surface area contributed by atoms with Gasteiger partial charge in [-0.2, -0.15) is 0 Å². The van der Waals surface area contributed by atoms with E-state index in [4.69, 9.17) is 9.10 Å². The number of anilines is 2. The maximum atomic E-state index is 14.0. The number of rotatable bonds is 8. The van der Waals surface area contributed by atoms with Crippen LogP contribution in [0, 0.1) is 12.7 Å². The van der Waals surface area contributed by atoms with Crippen LogP contribution in [0.15, 0.2) is 41.0 Å². The zero-order valence-electron chi connectivity index (χ0n) is 19.7. The highest BCUT2D eigenvalue weighted by molar-refractivity contribution is 7.87. The topological polar surface area (TPSA) is 88.5 Å². The van der Waals surface area contributed by atoms with E-state index in [0.717, 1.165) is 40.1 Å². The van der Waals surface area contributed by atoms with Crippen molar-refractivity contribution in [2.45, 2.75) is 46.1 Å². The van der Waals surface area contributed by atoms with Crippen molar-refractivity contribution in [3.63, 3.8) is 0 Å². The van der Waals surface area contributed by atoms with E-state index in [-0.39, 0.29) is 35.0 Å². The molecule has 2 aromatic carbocycles. The maximum Gasteiger partial charge on any atom is 0.258 e. The minimum absolute atomic E-state index is 0.0439. The van der Waals surface area contributed by atoms with E-state index in [2.05, 4.69) is 26.7 Å². The van der Waals surface area contributed by atoms with E-state index < -0.39 is 5.82 Å². The first-order chi connectivity index (χ1) is 16.4. The van der Waals surface area contributed by atoms with Crippen molar-refractivity contribution >= 4 is 44.7 Å². The van der Waals surface area contributed by atoms with E-state index in [0.29, 0.717) is 11.5 Å². The number of nitrogens with one attached hydrogen (secondary N) is 2. The summed E-state index contributed by atoms with van der Waals surface area (Å²) in [5, 5.41) is 6.95. The molecule has 0 radical (unpaired) electrons. The molecule has 1 amide bonds. The highest BCUT2D eigenvalue weighted by Crippen LogP contribution is 2.34. The van der Waals surface area contributed by atoms with E-state index in [1.807, 2.05) is 26.8 Å². The first-order valence-corrected chi connectivity index (χ1v) is 13.1. The molecule has 2 N–H and O–H groups in total. The van der Waals surface area contributed by atoms with Gasteiger partial charge in [-0.1, -0.05) is 17.6 Å². The van der Waals surface area contributed by atoms with Gasteiger partial charge in [-0.25, -0.2) is 18.7 Å². The molecule has 1 aliphatic rings. The average Bonchev–Trinajstić information content (AvgIpc) is 3.32. The molecule has 1 fully saturated rings. The maximum absolute atomic E-state index is 14.0. The molecule has 0 bridgehead atoms. The summed E-state index contributed by atoms with van der Waals surface area (Å²) in [4.78, 5) is 21.0. The SMILES string of the molecule is CCC(C)NC(=O)COc1cc(F)ccc1Nc1ncnc2cc(N=S3CCCC3)cc(C)c12. The Kier molecular flexibility index (Phi) is 7.72. The van der Waals surface area contributed by atoms with Crippen LogP contribution in [0.2, 0.25) is 0 Å². The van der Waals surface area contributed by atoms with E-state index >= 15 is 0 Å². The lowest BCUT2D eigenvalue weighted by atomic mass is 10.1. The largest absolute Gasteiger partial charge is 0.481 e. The molecular weight excluding hydrogens is 453 g/mol. The minimum Gasteiger partial charge on any atom is -0.481 e. The first kappa shape index (κ1) is 24.1. The summed E-state index contributed by atoms with van der Waals surface area (Å²) in [6, 6.07) is 8.26. The zero-order chi connectivity index (χ0) is 24.1. The van der Waals surface area contributed by atoms with Gasteiger partial charge in [-0.15, -0.1) is 0 Å². The molecule has 0 aliphatic carbocycles. The Morgan fingerprint density at radius 1 is 1.24 bits per heavy atom. The number of benzene rings is 2. The number of hydrogen-bond acceptors (Lipinski definition) is 6. The van der Waals surface area contributed by atoms with E-state index in [9.17, 15) is 9.18 Å². The summed E-state index contributed by atoms with van der Waals surface area (Å²) in [7, 11) is 0.0985. The number of halogens is 1. The number of aromatic nitrogens is 2. The molecule has 34 heavy (non-hydrogen) atoms. The monoisotopic (exact) mass is 483 g/mol. The van der Waals surface area contributed by atoms with E-state index in [1.165, 1.54) is 31.3 Å². The summed E-state index contributed by atoms with van der Waals surface area (Å²) < 4.78 is 24.5. The third-order valence-corrected chi connectivity index (χ3v) is 7.73. The van der Waals surface area contributed by atoms with Gasteiger partial charge in [0.2, 0.25) is 0 Å². The molecule has 180 valence electrons. The Morgan fingerprint density at radius 3 is 2.79 bits per heavy atom. The molecule has 0 spiro atoms. The molecule has 4 rings (SSSR count). The Morgan fingerprint density at radius 2 is 2.03 bits per heavy atom. The number of ether oxygens (including phenoxy) is 1. The normalized spacial score (nSPS) is 14.7. The Labute approximate surface area is 201 Å². The zero-order valence-corrected chi connectivity index (χ0v) is 20.5. The van der Waals surface area contributed by atoms with Crippen LogP contribution in [0.1, 0.15) is 38.7 Å². The highest BCUT2D eigenvalue weighted by Gasteiger charge is 2.14. The second-order valence-electron chi connectivity index (χ2n) is 8.48. The number of carbonyl (C=O) groups is 1. The molecule has 7 nitrogen and oxygen atoms in total. The van der Waals surface area contributed by atoms with Crippen molar-refractivity contribution in [1.29, 1.82) is 0 Å². The standard InChI is InChI=1S/C25H30FN5O2S/c1-4-17(3)29-23(32)14-33-22-12-18(26)7-8-20(22)30-25-24-16(2)11-19(13-21(24)27-15-28-25)31-34-9-5-6-10-34/h7-8,11-13,15,17H,4-6,9-10,14H2,1-3H3,(H,29,32)(H,27,28,30). The second kappa shape index (κ2) is 10.9. The molecule has 3 aromatic rings. The summed E-state index contributed by atoms with van der Waals surface area (Å²) in [6.45, 7) is 5.71. The first-order valence-electron chi connectivity index (χ1n) is 11.6. The van der Waals surface area contributed by atoms with Crippen molar-refractivity contribution in [3.05, 3.63) is 48.0 Å². The fraction of sp³-hybridized carbons (Fsp3) is 0.400. The lowest BCUT2D eigenvalue weighted by molar-refractivity contribution is -0.123. The third kappa shape index (κ3) is 5.88. The van der Waals surface area contributed by atoms with Gasteiger partial charge in [0, 0.05) is 29.0 Å². The molecule has 2 heterocycles. The van der Waals surface area contributed by atoms with Gasteiger partial charge in [0.15, 0.2) is 6.61 Å². The molecule has 1 aromatic heterocycles. The van der Waals surface area contributed by atoms with Crippen molar-refractivity contribution in [2.75, 3.05) is 23.4 Å². The fourth-order valence-corrected chi connectivity index (χ4v) is 5.67. The Balaban J connectivity index is 1.60. The van der Waals surface area contributed by atoms with Crippen LogP contribution in [0.25, 0.3) is 10.9 Å². The molecular formula is C25H30FN5O2S. The lowest BCUT2D eigenvalue weighted by Crippen LogP contribution is -2.35. The van der Waals surface area contributed by atoms with Crippen LogP contribution in [0.5, 0.6) is 5.75 Å². The van der Waals surface area contributed by atoms with Crippen LogP contribution in [-0.2, 0) is 15.5 Å². The van der Waals surface area contributed by atoms with Gasteiger partial charge in [-0.05, 0) is 62.9 Å². The number of carbonyl (C=O) groups excluding carboxylic acids is 1. The number of hydrogen-bond donors (Lipinski definition) is 2. The molecule has 1 saturated heterocycles. The van der Waals surface area contributed by atoms with Gasteiger partial charge in [0.05, 0.1) is 16.9 Å². The molecule has 1 atom stereocenters. The number of nitrogens with zero attached hydrogens (tertiary/aromatic N) is 3. The average molecular weight is 484 g/mol. The van der Waals surface area contributed by atoms with Crippen molar-refractivity contribution in [1.82, 2.24) is 15.3 Å². The smallest absolute Gasteiger partial charge is 0.258 e. The van der Waals surface area contributed by atoms with Crippen molar-refractivity contribution in [3.8, 4) is 5.75 Å². The van der Waals surface area contributed by atoms with Gasteiger partial charge in [0.1, 0.15) is 23.7 Å². The number of amides is 1. The second-order valence-corrected chi connectivity index (χ2v) is 10.4. The Bertz CT molecular complexity index is 1230. The van der Waals surface area contributed by atoms with E-state index in [1.54, 1.807) is 6.07 Å². The van der Waals surface area contributed by atoms with Crippen LogP contribution >= 0.6 is 0 Å². The van der Waals surface area contributed by atoms with Gasteiger partial charge in [0.25, 0.3) is 5.91 Å². The lowest BCUT2D eigenvalue weighted by Gasteiger charge is -2.16. The van der Waals surface area contributed by atoms with Gasteiger partial charge < -0.3 is 15.4 Å². The van der Waals surface area contributed by atoms with Crippen LogP contribution in [0.4, 0.5) is 21.6 Å². The van der Waals surface area contributed by atoms with Crippen molar-refractivity contribution < 1.29 is 13.9 Å². The van der Waals surface area contributed by atoms with Gasteiger partial charge >= 0.3 is 0 Å². The molecule has 1 unspecified atom stereocenters. The summed E-state index contributed by atoms with van der Waals surface area (Å²) in [5.74, 6) is 2.43. The molecule has 0 saturated carbocycles. The van der Waals surface area contributed by atoms with Crippen LogP contribution < -0.4 is 15.4 Å². The number of fused-ring (bicyclic) bond motifs is 1. The van der Waals surface area contributed by atoms with Crippen molar-refractivity contribution in [2.24, 2.45) is 4.36 Å². The predicted octanol–water partition coefficient (Wildman–Crippen LogP) is 5.34. The number of aryl methyl sites for hydroxylation is 1. The fourth-order valence-electron chi connectivity index (χ4n) is 3.81. The van der Waals surface area contributed by atoms with Crippen LogP contribution in [-0.4, -0.2) is 40.0 Å². The highest BCUT2D eigenvalue weighted by atomic mass is 32.2. The third-order valence-electron chi connectivity index (χ3n) is 5.74. The predicted molar refractivity (Wildman–Crippen MR) is 136 cm³/mol. The minimum atomic E-state index is -0.453. The molecule has 1 aliphatic heterocycles. The summed E-state index contributed by atoms with van der Waals surface area (Å²) in [6.07, 6.45) is 4.80. The van der Waals surface area contributed by atoms with Crippen LogP contribution in [0.3, 0.4) is 0 Å². The summed E-state index contributed by atoms with van der Waals surface area (Å²) >= 11 is 0.